The number of carbonyl (C=O) groups excluding carboxylic acids is 2. The standard InChI is InChI=1S/C23H19Br2N7O2/c24-12-4-5-13-15(8-12)31(22-20(13)21(26)27-10-28-22)9-19(33)32-14-6-11(14)7-16(32)23(34)30-18-3-1-2-17(25)29-18/h1-5,8,10-11,14,16H,6-7,9H2,(H2,26,27,28)(H,29,30,34)/t11?,14-,16+/m1/s1. The number of nitrogens with zero attached hydrogens (tertiary/aromatic N) is 5. The highest BCUT2D eigenvalue weighted by atomic mass is 79.9. The molecule has 1 aliphatic heterocycles. The number of carbonyl (C=O) groups is 2. The number of aromatic nitrogens is 4. The number of benzene rings is 1. The van der Waals surface area contributed by atoms with Crippen molar-refractivity contribution >= 4 is 77.2 Å². The van der Waals surface area contributed by atoms with Crippen LogP contribution in [-0.4, -0.2) is 48.3 Å². The normalized spacial score (nSPS) is 21.1. The molecule has 0 bridgehead atoms. The van der Waals surface area contributed by atoms with Gasteiger partial charge in [0.05, 0.1) is 10.9 Å². The third-order valence-electron chi connectivity index (χ3n) is 6.59. The molecule has 34 heavy (non-hydrogen) atoms. The zero-order valence-electron chi connectivity index (χ0n) is 17.8. The van der Waals surface area contributed by atoms with Crippen molar-refractivity contribution in [1.29, 1.82) is 0 Å². The van der Waals surface area contributed by atoms with Crippen molar-refractivity contribution in [1.82, 2.24) is 24.4 Å². The third-order valence-corrected chi connectivity index (χ3v) is 7.52. The van der Waals surface area contributed by atoms with Crippen molar-refractivity contribution < 1.29 is 9.59 Å². The molecule has 1 aliphatic carbocycles. The smallest absolute Gasteiger partial charge is 0.248 e. The molecule has 1 aromatic carbocycles. The Morgan fingerprint density at radius 2 is 2.00 bits per heavy atom. The van der Waals surface area contributed by atoms with Crippen LogP contribution in [0.15, 0.2) is 51.8 Å². The Morgan fingerprint density at radius 1 is 1.15 bits per heavy atom. The van der Waals surface area contributed by atoms with Crippen molar-refractivity contribution in [2.45, 2.75) is 31.5 Å². The highest BCUT2D eigenvalue weighted by Crippen LogP contribution is 2.48. The molecule has 11 heteroatoms. The van der Waals surface area contributed by atoms with Crippen LogP contribution in [0.4, 0.5) is 11.6 Å². The molecule has 0 spiro atoms. The molecular weight excluding hydrogens is 566 g/mol. The lowest BCUT2D eigenvalue weighted by Gasteiger charge is -2.27. The number of anilines is 2. The maximum atomic E-state index is 13.6. The molecule has 0 radical (unpaired) electrons. The maximum absolute atomic E-state index is 13.6. The molecule has 172 valence electrons. The highest BCUT2D eigenvalue weighted by molar-refractivity contribution is 9.10. The minimum Gasteiger partial charge on any atom is -0.383 e. The maximum Gasteiger partial charge on any atom is 0.248 e. The summed E-state index contributed by atoms with van der Waals surface area (Å²) < 4.78 is 3.37. The lowest BCUT2D eigenvalue weighted by Crippen LogP contribution is -2.46. The Balaban J connectivity index is 1.33. The van der Waals surface area contributed by atoms with Crippen LogP contribution in [0.2, 0.25) is 0 Å². The van der Waals surface area contributed by atoms with E-state index in [4.69, 9.17) is 5.73 Å². The number of likely N-dealkylation sites (tertiary alicyclic amines) is 1. The van der Waals surface area contributed by atoms with Gasteiger partial charge in [-0.2, -0.15) is 0 Å². The van der Waals surface area contributed by atoms with Crippen LogP contribution in [0.3, 0.4) is 0 Å². The van der Waals surface area contributed by atoms with Crippen LogP contribution >= 0.6 is 31.9 Å². The number of nitrogen functional groups attached to an aromatic ring is 1. The van der Waals surface area contributed by atoms with Gasteiger partial charge in [0.25, 0.3) is 0 Å². The predicted molar refractivity (Wildman–Crippen MR) is 135 cm³/mol. The molecule has 4 heterocycles. The van der Waals surface area contributed by atoms with Crippen LogP contribution in [-0.2, 0) is 16.1 Å². The molecule has 3 atom stereocenters. The predicted octanol–water partition coefficient (Wildman–Crippen LogP) is 3.71. The van der Waals surface area contributed by atoms with E-state index in [-0.39, 0.29) is 24.4 Å². The zero-order valence-corrected chi connectivity index (χ0v) is 21.0. The van der Waals surface area contributed by atoms with Crippen molar-refractivity contribution in [2.75, 3.05) is 11.1 Å². The summed E-state index contributed by atoms with van der Waals surface area (Å²) in [6, 6.07) is 10.7. The highest BCUT2D eigenvalue weighted by Gasteiger charge is 2.56. The van der Waals surface area contributed by atoms with Gasteiger partial charge in [0, 0.05) is 15.9 Å². The molecule has 1 unspecified atom stereocenters. The second-order valence-electron chi connectivity index (χ2n) is 8.66. The fraction of sp³-hybridized carbons (Fsp3) is 0.261. The summed E-state index contributed by atoms with van der Waals surface area (Å²) in [4.78, 5) is 41.3. The van der Waals surface area contributed by atoms with Crippen molar-refractivity contribution in [2.24, 2.45) is 5.92 Å². The van der Waals surface area contributed by atoms with Gasteiger partial charge < -0.3 is 20.5 Å². The lowest BCUT2D eigenvalue weighted by atomic mass is 10.1. The fourth-order valence-corrected chi connectivity index (χ4v) is 5.71. The van der Waals surface area contributed by atoms with Crippen molar-refractivity contribution in [3.8, 4) is 0 Å². The first kappa shape index (κ1) is 21.5. The van der Waals surface area contributed by atoms with Crippen molar-refractivity contribution in [3.05, 3.63) is 51.8 Å². The van der Waals surface area contributed by atoms with E-state index in [0.717, 1.165) is 27.2 Å². The van der Waals surface area contributed by atoms with E-state index in [0.29, 0.717) is 34.2 Å². The summed E-state index contributed by atoms with van der Waals surface area (Å²) in [7, 11) is 0. The van der Waals surface area contributed by atoms with Gasteiger partial charge in [-0.25, -0.2) is 15.0 Å². The average molecular weight is 585 g/mol. The molecule has 3 N–H and O–H groups in total. The van der Waals surface area contributed by atoms with Gasteiger partial charge in [0.2, 0.25) is 11.8 Å². The summed E-state index contributed by atoms with van der Waals surface area (Å²) in [6.45, 7) is 0.0506. The minimum absolute atomic E-state index is 0.0506. The van der Waals surface area contributed by atoms with Gasteiger partial charge in [-0.15, -0.1) is 0 Å². The van der Waals surface area contributed by atoms with E-state index < -0.39 is 6.04 Å². The third kappa shape index (κ3) is 3.54. The van der Waals surface area contributed by atoms with Crippen LogP contribution in [0.1, 0.15) is 12.8 Å². The molecule has 1 saturated heterocycles. The summed E-state index contributed by atoms with van der Waals surface area (Å²) >= 11 is 6.84. The lowest BCUT2D eigenvalue weighted by molar-refractivity contribution is -0.138. The number of nitrogens with one attached hydrogen (secondary N) is 1. The number of fused-ring (bicyclic) bond motifs is 4. The number of piperidine rings is 1. The first-order valence-corrected chi connectivity index (χ1v) is 12.4. The summed E-state index contributed by atoms with van der Waals surface area (Å²) in [5.74, 6) is 0.837. The average Bonchev–Trinajstić information content (AvgIpc) is 3.35. The Hall–Kier alpha value is -3.05. The van der Waals surface area contributed by atoms with Gasteiger partial charge in [-0.1, -0.05) is 28.1 Å². The van der Waals surface area contributed by atoms with Crippen LogP contribution < -0.4 is 11.1 Å². The zero-order chi connectivity index (χ0) is 23.6. The monoisotopic (exact) mass is 583 g/mol. The van der Waals surface area contributed by atoms with Gasteiger partial charge in [0.15, 0.2) is 0 Å². The van der Waals surface area contributed by atoms with E-state index in [2.05, 4.69) is 52.1 Å². The topological polar surface area (TPSA) is 119 Å². The first-order valence-electron chi connectivity index (χ1n) is 10.8. The van der Waals surface area contributed by atoms with E-state index >= 15 is 0 Å². The summed E-state index contributed by atoms with van der Waals surface area (Å²) in [5, 5.41) is 4.46. The molecular formula is C23H19Br2N7O2. The Kier molecular flexibility index (Phi) is 5.07. The van der Waals surface area contributed by atoms with Crippen LogP contribution in [0.25, 0.3) is 21.9 Å². The molecule has 4 aromatic rings. The van der Waals surface area contributed by atoms with Gasteiger partial charge >= 0.3 is 0 Å². The van der Waals surface area contributed by atoms with Gasteiger partial charge in [0.1, 0.15) is 40.8 Å². The Morgan fingerprint density at radius 3 is 2.82 bits per heavy atom. The van der Waals surface area contributed by atoms with E-state index in [1.807, 2.05) is 22.8 Å². The molecule has 2 aliphatic rings. The summed E-state index contributed by atoms with van der Waals surface area (Å²) in [6.07, 6.45) is 2.99. The molecule has 1 saturated carbocycles. The molecule has 6 rings (SSSR count). The van der Waals surface area contributed by atoms with E-state index in [1.54, 1.807) is 23.1 Å². The molecule has 2 fully saturated rings. The SMILES string of the molecule is Nc1ncnc2c1c1ccc(Br)cc1n2CC(=O)N1[C@@H]2CC2C[C@H]1C(=O)Nc1cccc(Br)n1. The fourth-order valence-electron chi connectivity index (χ4n) is 5.02. The molecule has 9 nitrogen and oxygen atoms in total. The second-order valence-corrected chi connectivity index (χ2v) is 10.4. The number of hydrogen-bond acceptors (Lipinski definition) is 6. The van der Waals surface area contributed by atoms with Crippen LogP contribution in [0, 0.1) is 5.92 Å². The van der Waals surface area contributed by atoms with Gasteiger partial charge in [-0.05, 0) is 59.0 Å². The molecule has 2 amide bonds. The quantitative estimate of drug-likeness (QED) is 0.353. The molecule has 3 aromatic heterocycles. The summed E-state index contributed by atoms with van der Waals surface area (Å²) in [5.41, 5.74) is 7.59. The number of hydrogen-bond donors (Lipinski definition) is 2. The largest absolute Gasteiger partial charge is 0.383 e. The minimum atomic E-state index is -0.531. The number of amides is 2. The first-order chi connectivity index (χ1) is 16.4. The van der Waals surface area contributed by atoms with Gasteiger partial charge in [-0.3, -0.25) is 9.59 Å². The Labute approximate surface area is 211 Å². The second kappa shape index (κ2) is 8.02. The van der Waals surface area contributed by atoms with Crippen molar-refractivity contribution in [3.63, 3.8) is 0 Å². The number of rotatable bonds is 4. The number of nitrogens with two attached hydrogens (primary N) is 1. The Bertz CT molecular complexity index is 1490. The van der Waals surface area contributed by atoms with E-state index in [1.165, 1.54) is 6.33 Å². The number of halogens is 2. The van der Waals surface area contributed by atoms with Crippen LogP contribution in [0.5, 0.6) is 0 Å². The number of pyridine rings is 1. The van der Waals surface area contributed by atoms with E-state index in [9.17, 15) is 9.59 Å².